The number of carbonyl (C=O) groups excluding carboxylic acids is 3. The zero-order chi connectivity index (χ0) is 28.4. The molecule has 4 aliphatic rings. The zero-order valence-electron chi connectivity index (χ0n) is 23.8. The normalized spacial score (nSPS) is 25.9. The summed E-state index contributed by atoms with van der Waals surface area (Å²) in [5.41, 5.74) is 2.50. The Morgan fingerprint density at radius 1 is 1.07 bits per heavy atom. The molecule has 2 saturated heterocycles. The molecule has 3 heterocycles. The van der Waals surface area contributed by atoms with Crippen molar-refractivity contribution in [3.8, 4) is 0 Å². The standard InChI is InChI=1S/C30H41N5O4S/c1-4-5-6-22-7-9-23(10-8-22)27-32-28(37)30(33-27)12-14-34(15-13-30)40(39)16-11-25-20(2)17-24(18-21(25)3)35-26(36)19-31-29(35)38/h11,16-18,22-23H,4-10,12-15,19H2,1-3H3,(H,31,38)(H,32,33,37)/b16-11+. The van der Waals surface area contributed by atoms with Gasteiger partial charge in [-0.25, -0.2) is 18.2 Å². The second-order valence-corrected chi connectivity index (χ2v) is 13.1. The fraction of sp³-hybridized carbons (Fsp3) is 0.600. The van der Waals surface area contributed by atoms with E-state index in [0.717, 1.165) is 46.2 Å². The number of unbranched alkanes of at least 4 members (excludes halogenated alkanes) is 1. The lowest BCUT2D eigenvalue weighted by Gasteiger charge is -2.34. The number of urea groups is 1. The van der Waals surface area contributed by atoms with E-state index in [4.69, 9.17) is 4.99 Å². The van der Waals surface area contributed by atoms with E-state index in [1.54, 1.807) is 17.5 Å². The van der Waals surface area contributed by atoms with Crippen LogP contribution in [0, 0.1) is 25.7 Å². The van der Waals surface area contributed by atoms with Gasteiger partial charge in [-0.05, 0) is 93.2 Å². The summed E-state index contributed by atoms with van der Waals surface area (Å²) < 4.78 is 15.1. The molecule has 1 spiro atoms. The van der Waals surface area contributed by atoms with Crippen LogP contribution in [-0.2, 0) is 20.6 Å². The van der Waals surface area contributed by atoms with Crippen LogP contribution in [0.3, 0.4) is 0 Å². The topological polar surface area (TPSA) is 111 Å². The molecular weight excluding hydrogens is 526 g/mol. The van der Waals surface area contributed by atoms with Gasteiger partial charge in [0.2, 0.25) is 0 Å². The van der Waals surface area contributed by atoms with Crippen molar-refractivity contribution in [1.82, 2.24) is 14.9 Å². The molecule has 1 atom stereocenters. The highest BCUT2D eigenvalue weighted by Gasteiger charge is 2.47. The maximum Gasteiger partial charge on any atom is 0.329 e. The average Bonchev–Trinajstić information content (AvgIpc) is 3.44. The molecule has 216 valence electrons. The fourth-order valence-corrected chi connectivity index (χ4v) is 7.53. The summed E-state index contributed by atoms with van der Waals surface area (Å²) in [7, 11) is -1.35. The molecule has 9 nitrogen and oxygen atoms in total. The Hall–Kier alpha value is -2.85. The number of hydrogen-bond acceptors (Lipinski definition) is 5. The monoisotopic (exact) mass is 567 g/mol. The number of hydrogen-bond donors (Lipinski definition) is 2. The van der Waals surface area contributed by atoms with Gasteiger partial charge in [0.05, 0.1) is 12.2 Å². The first-order chi connectivity index (χ1) is 19.2. The quantitative estimate of drug-likeness (QED) is 0.455. The molecule has 2 N–H and O–H groups in total. The summed E-state index contributed by atoms with van der Waals surface area (Å²) in [5.74, 6) is 1.78. The number of piperidine rings is 1. The third-order valence-electron chi connectivity index (χ3n) is 9.03. The number of benzene rings is 1. The number of amides is 4. The predicted molar refractivity (Wildman–Crippen MR) is 158 cm³/mol. The Kier molecular flexibility index (Phi) is 8.56. The minimum Gasteiger partial charge on any atom is -0.328 e. The van der Waals surface area contributed by atoms with Crippen LogP contribution in [0.15, 0.2) is 22.5 Å². The number of aryl methyl sites for hydroxylation is 2. The lowest BCUT2D eigenvalue weighted by molar-refractivity contribution is -0.125. The highest BCUT2D eigenvalue weighted by molar-refractivity contribution is 7.85. The van der Waals surface area contributed by atoms with Crippen LogP contribution < -0.4 is 15.5 Å². The van der Waals surface area contributed by atoms with Gasteiger partial charge in [0, 0.05) is 24.4 Å². The first-order valence-electron chi connectivity index (χ1n) is 14.7. The van der Waals surface area contributed by atoms with Crippen LogP contribution >= 0.6 is 0 Å². The summed E-state index contributed by atoms with van der Waals surface area (Å²) in [6.45, 7) is 7.14. The van der Waals surface area contributed by atoms with E-state index in [1.807, 2.05) is 24.2 Å². The second-order valence-electron chi connectivity index (χ2n) is 11.7. The van der Waals surface area contributed by atoms with Crippen LogP contribution in [-0.4, -0.2) is 57.4 Å². The van der Waals surface area contributed by atoms with Crippen molar-refractivity contribution in [3.05, 3.63) is 34.2 Å². The van der Waals surface area contributed by atoms with Gasteiger partial charge in [-0.1, -0.05) is 26.2 Å². The van der Waals surface area contributed by atoms with Crippen molar-refractivity contribution in [2.45, 2.75) is 84.1 Å². The molecule has 5 rings (SSSR count). The summed E-state index contributed by atoms with van der Waals surface area (Å²) in [6, 6.07) is 3.18. The van der Waals surface area contributed by atoms with E-state index >= 15 is 0 Å². The van der Waals surface area contributed by atoms with Gasteiger partial charge >= 0.3 is 6.03 Å². The molecule has 1 saturated carbocycles. The molecule has 10 heteroatoms. The Morgan fingerprint density at radius 3 is 2.35 bits per heavy atom. The van der Waals surface area contributed by atoms with Crippen molar-refractivity contribution in [1.29, 1.82) is 0 Å². The minimum absolute atomic E-state index is 0.00307. The molecule has 1 aromatic carbocycles. The predicted octanol–water partition coefficient (Wildman–Crippen LogP) is 4.35. The third-order valence-corrected chi connectivity index (χ3v) is 10.3. The van der Waals surface area contributed by atoms with Crippen molar-refractivity contribution < 1.29 is 18.6 Å². The van der Waals surface area contributed by atoms with Gasteiger partial charge < -0.3 is 10.6 Å². The van der Waals surface area contributed by atoms with E-state index in [1.165, 1.54) is 32.1 Å². The molecule has 1 aliphatic carbocycles. The van der Waals surface area contributed by atoms with Gasteiger partial charge in [0.1, 0.15) is 22.4 Å². The third kappa shape index (κ3) is 5.79. The summed E-state index contributed by atoms with van der Waals surface area (Å²) in [6.07, 6.45) is 11.5. The Bertz CT molecular complexity index is 1220. The SMILES string of the molecule is CCCCC1CCC(C2=NC3(CCN(S(=O)/C=C/c4c(C)cc(N5C(=O)CNC5=O)cc4C)CC3)C(=O)N2)CC1. The van der Waals surface area contributed by atoms with Gasteiger partial charge in [-0.2, -0.15) is 0 Å². The average molecular weight is 568 g/mol. The van der Waals surface area contributed by atoms with Crippen LogP contribution in [0.25, 0.3) is 6.08 Å². The molecule has 0 aromatic heterocycles. The summed E-state index contributed by atoms with van der Waals surface area (Å²) in [4.78, 5) is 43.3. The summed E-state index contributed by atoms with van der Waals surface area (Å²) >= 11 is 0. The van der Waals surface area contributed by atoms with Crippen molar-refractivity contribution in [2.75, 3.05) is 24.5 Å². The van der Waals surface area contributed by atoms with Gasteiger partial charge in [-0.15, -0.1) is 0 Å². The lowest BCUT2D eigenvalue weighted by Crippen LogP contribution is -2.49. The maximum absolute atomic E-state index is 13.2. The highest BCUT2D eigenvalue weighted by Crippen LogP contribution is 2.37. The number of nitrogens with one attached hydrogen (secondary N) is 2. The Balaban J connectivity index is 1.18. The second kappa shape index (κ2) is 11.9. The van der Waals surface area contributed by atoms with Crippen LogP contribution in [0.4, 0.5) is 10.5 Å². The van der Waals surface area contributed by atoms with E-state index in [-0.39, 0.29) is 18.4 Å². The molecule has 40 heavy (non-hydrogen) atoms. The number of imide groups is 1. The number of rotatable bonds is 8. The smallest absolute Gasteiger partial charge is 0.328 e. The maximum atomic E-state index is 13.2. The van der Waals surface area contributed by atoms with Crippen molar-refractivity contribution >= 4 is 46.4 Å². The van der Waals surface area contributed by atoms with Crippen LogP contribution in [0.1, 0.15) is 81.4 Å². The molecule has 0 radical (unpaired) electrons. The first kappa shape index (κ1) is 28.7. The zero-order valence-corrected chi connectivity index (χ0v) is 24.6. The molecule has 1 unspecified atom stereocenters. The van der Waals surface area contributed by atoms with Crippen molar-refractivity contribution in [3.63, 3.8) is 0 Å². The largest absolute Gasteiger partial charge is 0.329 e. The number of amidine groups is 1. The summed E-state index contributed by atoms with van der Waals surface area (Å²) in [5, 5.41) is 7.35. The Morgan fingerprint density at radius 2 is 1.75 bits per heavy atom. The molecular formula is C30H41N5O4S. The molecule has 3 fully saturated rings. The van der Waals surface area contributed by atoms with Crippen LogP contribution in [0.2, 0.25) is 0 Å². The van der Waals surface area contributed by atoms with Gasteiger partial charge in [0.25, 0.3) is 11.8 Å². The number of anilines is 1. The van der Waals surface area contributed by atoms with E-state index in [0.29, 0.717) is 37.5 Å². The van der Waals surface area contributed by atoms with E-state index in [2.05, 4.69) is 17.6 Å². The number of nitrogens with zero attached hydrogens (tertiary/aromatic N) is 3. The first-order valence-corrected chi connectivity index (χ1v) is 15.8. The Labute approximate surface area is 239 Å². The molecule has 1 aromatic rings. The number of aliphatic imine (C=N–C) groups is 1. The van der Waals surface area contributed by atoms with E-state index < -0.39 is 22.6 Å². The van der Waals surface area contributed by atoms with Gasteiger partial charge in [-0.3, -0.25) is 14.6 Å². The minimum atomic E-state index is -1.35. The number of carbonyl (C=O) groups is 3. The van der Waals surface area contributed by atoms with Crippen molar-refractivity contribution in [2.24, 2.45) is 16.8 Å². The lowest BCUT2D eigenvalue weighted by atomic mass is 9.79. The van der Waals surface area contributed by atoms with Crippen LogP contribution in [0.5, 0.6) is 0 Å². The van der Waals surface area contributed by atoms with Gasteiger partial charge in [0.15, 0.2) is 0 Å². The van der Waals surface area contributed by atoms with E-state index in [9.17, 15) is 18.6 Å². The molecule has 3 aliphatic heterocycles. The molecule has 0 bridgehead atoms. The molecule has 4 amide bonds. The fourth-order valence-electron chi connectivity index (χ4n) is 6.57. The highest BCUT2D eigenvalue weighted by atomic mass is 32.2.